The van der Waals surface area contributed by atoms with Gasteiger partial charge in [0.25, 0.3) is 0 Å². The number of rotatable bonds is 3. The molecule has 0 saturated carbocycles. The van der Waals surface area contributed by atoms with Gasteiger partial charge in [0.2, 0.25) is 5.91 Å². The van der Waals surface area contributed by atoms with E-state index in [4.69, 9.17) is 15.0 Å². The molecule has 5 rings (SSSR count). The molecule has 8 atom stereocenters. The van der Waals surface area contributed by atoms with Gasteiger partial charge in [0.1, 0.15) is 30.1 Å². The first kappa shape index (κ1) is 29.8. The normalized spacial score (nSPS) is 37.0. The molecule has 0 radical (unpaired) electrons. The van der Waals surface area contributed by atoms with Gasteiger partial charge in [-0.15, -0.1) is 0 Å². The number of carbonyl (C=O) groups excluding carboxylic acids is 1. The van der Waals surface area contributed by atoms with Crippen LogP contribution in [-0.4, -0.2) is 76.1 Å². The van der Waals surface area contributed by atoms with Crippen molar-refractivity contribution in [3.05, 3.63) is 48.5 Å². The number of fused-ring (bicyclic) bond motifs is 2. The molecule has 222 valence electrons. The van der Waals surface area contributed by atoms with Crippen molar-refractivity contribution in [3.8, 4) is 0 Å². The molecule has 8 N–H and O–H groups in total. The lowest BCUT2D eigenvalue weighted by molar-refractivity contribution is -0.124. The Hall–Kier alpha value is -2.63. The number of anilines is 1. The zero-order chi connectivity index (χ0) is 29.6. The number of carbonyl (C=O) groups is 1. The molecule has 0 bridgehead atoms. The fourth-order valence-corrected chi connectivity index (χ4v) is 8.22. The minimum atomic E-state index is -5.72. The summed E-state index contributed by atoms with van der Waals surface area (Å²) in [4.78, 5) is 55.6. The molecular formula is C19H24N7O12P3. The third-order valence-electron chi connectivity index (χ3n) is 6.09. The van der Waals surface area contributed by atoms with Crippen LogP contribution in [0.1, 0.15) is 11.8 Å². The van der Waals surface area contributed by atoms with Crippen molar-refractivity contribution in [2.75, 3.05) is 12.3 Å². The summed E-state index contributed by atoms with van der Waals surface area (Å²) in [6.45, 7) is -0.871. The number of ether oxygens (including phenoxy) is 1. The molecule has 2 saturated heterocycles. The van der Waals surface area contributed by atoms with Crippen LogP contribution in [0.4, 0.5) is 5.82 Å². The summed E-state index contributed by atoms with van der Waals surface area (Å²) in [6, 6.07) is 5.25. The topological polar surface area (TPSA) is 280 Å². The van der Waals surface area contributed by atoms with Crippen molar-refractivity contribution in [2.45, 2.75) is 36.9 Å². The number of phosphoric acid groups is 2. The molecule has 2 aliphatic rings. The molecule has 22 heteroatoms. The summed E-state index contributed by atoms with van der Waals surface area (Å²) in [7, 11) is -16.5. The summed E-state index contributed by atoms with van der Waals surface area (Å²) >= 11 is 0. The largest absolute Gasteiger partial charge is 0.489 e. The van der Waals surface area contributed by atoms with Gasteiger partial charge in [0.05, 0.1) is 19.0 Å². The van der Waals surface area contributed by atoms with Crippen molar-refractivity contribution < 1.29 is 56.2 Å². The van der Waals surface area contributed by atoms with Crippen LogP contribution in [-0.2, 0) is 42.8 Å². The zero-order valence-corrected chi connectivity index (χ0v) is 23.3. The number of hydrogen-bond acceptors (Lipinski definition) is 13. The molecule has 19 nitrogen and oxygen atoms in total. The van der Waals surface area contributed by atoms with Gasteiger partial charge in [-0.2, -0.15) is 8.62 Å². The lowest BCUT2D eigenvalue weighted by Gasteiger charge is -2.26. The molecule has 3 unspecified atom stereocenters. The van der Waals surface area contributed by atoms with Crippen molar-refractivity contribution in [3.63, 3.8) is 0 Å². The molecular weight excluding hydrogens is 611 g/mol. The van der Waals surface area contributed by atoms with Crippen LogP contribution in [0.15, 0.2) is 43.0 Å². The van der Waals surface area contributed by atoms with Crippen LogP contribution >= 0.6 is 23.4 Å². The zero-order valence-electron chi connectivity index (χ0n) is 20.6. The summed E-state index contributed by atoms with van der Waals surface area (Å²) in [5, 5.41) is 15.7. The number of aliphatic hydroxyl groups is 1. The minimum absolute atomic E-state index is 0.0395. The van der Waals surface area contributed by atoms with Crippen LogP contribution in [0.25, 0.3) is 11.2 Å². The highest BCUT2D eigenvalue weighted by Crippen LogP contribution is 2.66. The molecule has 3 aromatic rings. The molecule has 1 aromatic carbocycles. The number of benzene rings is 1. The fourth-order valence-electron chi connectivity index (χ4n) is 4.36. The summed E-state index contributed by atoms with van der Waals surface area (Å²) in [6.07, 6.45) is -2.10. The van der Waals surface area contributed by atoms with E-state index in [0.717, 1.165) is 6.33 Å². The van der Waals surface area contributed by atoms with E-state index >= 15 is 0 Å². The van der Waals surface area contributed by atoms with Crippen molar-refractivity contribution in [1.29, 1.82) is 0 Å². The van der Waals surface area contributed by atoms with Crippen LogP contribution in [0.5, 0.6) is 0 Å². The van der Waals surface area contributed by atoms with Gasteiger partial charge in [-0.3, -0.25) is 13.9 Å². The lowest BCUT2D eigenvalue weighted by Crippen LogP contribution is -2.54. The first-order valence-electron chi connectivity index (χ1n) is 11.7. The first-order chi connectivity index (χ1) is 19.2. The second-order valence-corrected chi connectivity index (χ2v) is 13.7. The Bertz CT molecular complexity index is 1590. The summed E-state index contributed by atoms with van der Waals surface area (Å²) < 4.78 is 57.6. The fraction of sp³-hybridized carbons (Fsp3) is 0.368. The molecule has 0 aliphatic carbocycles. The van der Waals surface area contributed by atoms with Gasteiger partial charge < -0.3 is 35.6 Å². The highest BCUT2D eigenvalue weighted by atomic mass is 31.3. The smallest absolute Gasteiger partial charge is 0.386 e. The number of amides is 1. The van der Waals surface area contributed by atoms with E-state index in [1.165, 1.54) is 10.9 Å². The average molecular weight is 635 g/mol. The maximum absolute atomic E-state index is 13.4. The number of nitrogen functional groups attached to an aromatic ring is 1. The Labute approximate surface area is 230 Å². The van der Waals surface area contributed by atoms with Gasteiger partial charge in [0, 0.05) is 0 Å². The van der Waals surface area contributed by atoms with Crippen molar-refractivity contribution >= 4 is 46.3 Å². The van der Waals surface area contributed by atoms with Crippen molar-refractivity contribution in [1.82, 2.24) is 29.9 Å². The predicted molar refractivity (Wildman–Crippen MR) is 136 cm³/mol. The second-order valence-electron chi connectivity index (χ2n) is 8.96. The number of aliphatic hydroxyl groups excluding tert-OH is 1. The van der Waals surface area contributed by atoms with E-state index in [0.29, 0.717) is 5.56 Å². The van der Waals surface area contributed by atoms with E-state index < -0.39 is 66.4 Å². The van der Waals surface area contributed by atoms with Crippen LogP contribution < -0.4 is 16.1 Å². The van der Waals surface area contributed by atoms with Gasteiger partial charge in [0.15, 0.2) is 17.7 Å². The first-order valence-corrected chi connectivity index (χ1v) is 16.2. The van der Waals surface area contributed by atoms with E-state index in [1.54, 1.807) is 30.3 Å². The third-order valence-corrected chi connectivity index (χ3v) is 10.6. The van der Waals surface area contributed by atoms with E-state index in [-0.39, 0.29) is 23.4 Å². The Balaban J connectivity index is 1.51. The molecule has 2 fully saturated rings. The second kappa shape index (κ2) is 11.2. The monoisotopic (exact) mass is 635 g/mol. The molecule has 2 aromatic heterocycles. The van der Waals surface area contributed by atoms with Crippen LogP contribution in [0.3, 0.4) is 0 Å². The number of hydrogen-bond donors (Lipinski definition) is 7. The van der Waals surface area contributed by atoms with Gasteiger partial charge in [-0.25, -0.2) is 33.7 Å². The lowest BCUT2D eigenvalue weighted by atomic mass is 10.0. The van der Waals surface area contributed by atoms with Gasteiger partial charge in [-0.05, 0) is 12.0 Å². The minimum Gasteiger partial charge on any atom is -0.386 e. The maximum atomic E-state index is 13.4. The molecule has 41 heavy (non-hydrogen) atoms. The number of nitrogens with one attached hydrogen (secondary N) is 2. The molecule has 0 spiro atoms. The SMILES string of the molecule is Nc1ncnc2c1ncn2[C@@H]1O[C@@H]2COP(=O)(O)OP(=O)(O)OP(=O)(O)N[C@@H](Cc3ccccc3)C(=O)N[C@H]2[C@H]1O. The Morgan fingerprint density at radius 3 is 2.51 bits per heavy atom. The number of phosphoric ester groups is 1. The van der Waals surface area contributed by atoms with E-state index in [9.17, 15) is 38.3 Å². The van der Waals surface area contributed by atoms with Crippen LogP contribution in [0, 0.1) is 0 Å². The predicted octanol–water partition coefficient (Wildman–Crippen LogP) is -0.283. The Kier molecular flexibility index (Phi) is 8.17. The maximum Gasteiger partial charge on any atom is 0.489 e. The highest BCUT2D eigenvalue weighted by Gasteiger charge is 2.50. The van der Waals surface area contributed by atoms with Crippen molar-refractivity contribution in [2.24, 2.45) is 0 Å². The molecule has 2 aliphatic heterocycles. The van der Waals surface area contributed by atoms with Gasteiger partial charge >= 0.3 is 23.4 Å². The number of imidazole rings is 1. The standard InChI is InChI=1S/C19H24N7O12P3/c20-16-14-17(22-8-21-16)26(9-23-14)19-15(27)13-12(36-19)7-35-40(31,32)38-41(33,34)37-39(29,30)25-11(18(28)24-13)6-10-4-2-1-3-5-10/h1-5,8-9,11-13,15,19,27H,6-7H2,(H,24,28)(H,31,32)(H,33,34)(H2,20,21,22)(H2,25,29,30)/t11-,12+,13+,15+,19+/m0/s1. The number of nitrogens with two attached hydrogens (primary N) is 1. The van der Waals surface area contributed by atoms with Crippen LogP contribution in [0.2, 0.25) is 0 Å². The third kappa shape index (κ3) is 6.73. The summed E-state index contributed by atoms with van der Waals surface area (Å²) in [5.74, 6) is -0.926. The van der Waals surface area contributed by atoms with Gasteiger partial charge in [-0.1, -0.05) is 30.3 Å². The number of nitrogens with zero attached hydrogens (tertiary/aromatic N) is 4. The highest BCUT2D eigenvalue weighted by molar-refractivity contribution is 7.67. The van der Waals surface area contributed by atoms with E-state index in [2.05, 4.69) is 28.9 Å². The quantitative estimate of drug-likeness (QED) is 0.182. The average Bonchev–Trinajstić information content (AvgIpc) is 3.43. The van der Waals surface area contributed by atoms with E-state index in [1.807, 2.05) is 5.09 Å². The Morgan fingerprint density at radius 1 is 1.05 bits per heavy atom. The molecule has 4 heterocycles. The molecule has 1 amide bonds. The number of aromatic nitrogens is 4. The Morgan fingerprint density at radius 2 is 1.78 bits per heavy atom. The summed E-state index contributed by atoms with van der Waals surface area (Å²) in [5.41, 5.74) is 6.67.